The molecule has 0 saturated heterocycles. The van der Waals surface area contributed by atoms with Gasteiger partial charge in [-0.25, -0.2) is 13.1 Å². The summed E-state index contributed by atoms with van der Waals surface area (Å²) in [6.07, 6.45) is 3.30. The Hall–Kier alpha value is -0.910. The molecule has 1 aromatic rings. The fraction of sp³-hybridized carbons (Fsp3) is 0.571. The van der Waals surface area contributed by atoms with Crippen LogP contribution in [0, 0.1) is 0 Å². The highest BCUT2D eigenvalue weighted by molar-refractivity contribution is 7.89. The van der Waals surface area contributed by atoms with E-state index in [1.807, 2.05) is 18.2 Å². The number of benzene rings is 1. The Bertz CT molecular complexity index is 446. The maximum atomic E-state index is 11.4. The fourth-order valence-electron chi connectivity index (χ4n) is 1.95. The molecular formula is C14H24N2O2S. The van der Waals surface area contributed by atoms with Crippen LogP contribution in [0.1, 0.15) is 37.8 Å². The molecule has 0 aliphatic carbocycles. The van der Waals surface area contributed by atoms with Crippen LogP contribution >= 0.6 is 0 Å². The zero-order valence-electron chi connectivity index (χ0n) is 11.7. The van der Waals surface area contributed by atoms with E-state index in [-0.39, 0.29) is 11.8 Å². The molecular weight excluding hydrogens is 260 g/mol. The van der Waals surface area contributed by atoms with Gasteiger partial charge in [0.05, 0.1) is 5.75 Å². The van der Waals surface area contributed by atoms with Crippen LogP contribution in [0.3, 0.4) is 0 Å². The molecule has 0 aromatic heterocycles. The standard InChI is InChI=1S/C14H24N2O2S/c1-3-4-10-14(13-8-6-5-7-9-13)16-11-12-19(17,18)15-2/h5-9,14-16H,3-4,10-12H2,1-2H3. The Morgan fingerprint density at radius 1 is 1.21 bits per heavy atom. The van der Waals surface area contributed by atoms with Gasteiger partial charge >= 0.3 is 0 Å². The van der Waals surface area contributed by atoms with Gasteiger partial charge in [-0.1, -0.05) is 50.1 Å². The molecule has 0 bridgehead atoms. The van der Waals surface area contributed by atoms with Gasteiger partial charge < -0.3 is 5.32 Å². The average Bonchev–Trinajstić information content (AvgIpc) is 2.43. The second-order valence-electron chi connectivity index (χ2n) is 4.58. The third-order valence-corrected chi connectivity index (χ3v) is 4.48. The Morgan fingerprint density at radius 2 is 1.89 bits per heavy atom. The molecule has 1 unspecified atom stereocenters. The first-order chi connectivity index (χ1) is 9.09. The molecule has 19 heavy (non-hydrogen) atoms. The van der Waals surface area contributed by atoms with Gasteiger partial charge in [0.1, 0.15) is 0 Å². The molecule has 0 radical (unpaired) electrons. The SMILES string of the molecule is CCCCC(NCCS(=O)(=O)NC)c1ccccc1. The van der Waals surface area contributed by atoms with Crippen LogP contribution in [0.15, 0.2) is 30.3 Å². The van der Waals surface area contributed by atoms with Gasteiger partial charge in [0.15, 0.2) is 0 Å². The van der Waals surface area contributed by atoms with Crippen molar-refractivity contribution in [3.8, 4) is 0 Å². The molecule has 0 heterocycles. The van der Waals surface area contributed by atoms with E-state index in [2.05, 4.69) is 29.1 Å². The molecule has 0 fully saturated rings. The lowest BCUT2D eigenvalue weighted by Gasteiger charge is -2.19. The van der Waals surface area contributed by atoms with Crippen molar-refractivity contribution in [1.82, 2.24) is 10.0 Å². The van der Waals surface area contributed by atoms with Gasteiger partial charge in [-0.2, -0.15) is 0 Å². The van der Waals surface area contributed by atoms with Gasteiger partial charge in [0.2, 0.25) is 10.0 Å². The van der Waals surface area contributed by atoms with E-state index in [1.165, 1.54) is 12.6 Å². The number of unbranched alkanes of at least 4 members (excludes halogenated alkanes) is 1. The highest BCUT2D eigenvalue weighted by Gasteiger charge is 2.12. The third-order valence-electron chi connectivity index (χ3n) is 3.12. The summed E-state index contributed by atoms with van der Waals surface area (Å²) in [7, 11) is -1.68. The van der Waals surface area contributed by atoms with Crippen molar-refractivity contribution in [3.63, 3.8) is 0 Å². The smallest absolute Gasteiger partial charge is 0.212 e. The lowest BCUT2D eigenvalue weighted by molar-refractivity contribution is 0.492. The molecule has 1 atom stereocenters. The maximum Gasteiger partial charge on any atom is 0.212 e. The Morgan fingerprint density at radius 3 is 2.47 bits per heavy atom. The van der Waals surface area contributed by atoms with Crippen molar-refractivity contribution in [1.29, 1.82) is 0 Å². The quantitative estimate of drug-likeness (QED) is 0.730. The second kappa shape index (κ2) is 8.30. The second-order valence-corrected chi connectivity index (χ2v) is 6.63. The molecule has 0 aliphatic heterocycles. The summed E-state index contributed by atoms with van der Waals surface area (Å²) in [6, 6.07) is 10.4. The lowest BCUT2D eigenvalue weighted by atomic mass is 10.0. The van der Waals surface area contributed by atoms with Crippen LogP contribution in [0.4, 0.5) is 0 Å². The minimum Gasteiger partial charge on any atom is -0.309 e. The van der Waals surface area contributed by atoms with Crippen molar-refractivity contribution in [2.24, 2.45) is 0 Å². The number of rotatable bonds is 9. The number of sulfonamides is 1. The van der Waals surface area contributed by atoms with Crippen LogP contribution in [-0.2, 0) is 10.0 Å². The number of hydrogen-bond donors (Lipinski definition) is 2. The average molecular weight is 284 g/mol. The molecule has 0 aliphatic rings. The third kappa shape index (κ3) is 6.18. The van der Waals surface area contributed by atoms with Gasteiger partial charge in [0, 0.05) is 12.6 Å². The highest BCUT2D eigenvalue weighted by Crippen LogP contribution is 2.18. The zero-order valence-corrected chi connectivity index (χ0v) is 12.5. The monoisotopic (exact) mass is 284 g/mol. The molecule has 108 valence electrons. The molecule has 1 rings (SSSR count). The molecule has 5 heteroatoms. The first kappa shape index (κ1) is 16.1. The molecule has 0 spiro atoms. The summed E-state index contributed by atoms with van der Waals surface area (Å²) in [4.78, 5) is 0. The van der Waals surface area contributed by atoms with E-state index in [9.17, 15) is 8.42 Å². The largest absolute Gasteiger partial charge is 0.309 e. The number of nitrogens with one attached hydrogen (secondary N) is 2. The summed E-state index contributed by atoms with van der Waals surface area (Å²) in [6.45, 7) is 2.62. The van der Waals surface area contributed by atoms with Crippen LogP contribution in [-0.4, -0.2) is 27.8 Å². The van der Waals surface area contributed by atoms with Gasteiger partial charge in [0.25, 0.3) is 0 Å². The minimum atomic E-state index is -3.13. The van der Waals surface area contributed by atoms with Gasteiger partial charge in [-0.15, -0.1) is 0 Å². The Labute approximate surface area is 116 Å². The van der Waals surface area contributed by atoms with Crippen LogP contribution < -0.4 is 10.0 Å². The first-order valence-electron chi connectivity index (χ1n) is 6.78. The van der Waals surface area contributed by atoms with E-state index in [0.29, 0.717) is 6.54 Å². The molecule has 0 amide bonds. The van der Waals surface area contributed by atoms with Crippen LogP contribution in [0.2, 0.25) is 0 Å². The molecule has 2 N–H and O–H groups in total. The normalized spacial score (nSPS) is 13.4. The maximum absolute atomic E-state index is 11.4. The first-order valence-corrected chi connectivity index (χ1v) is 8.44. The number of hydrogen-bond acceptors (Lipinski definition) is 3. The van der Waals surface area contributed by atoms with E-state index >= 15 is 0 Å². The summed E-state index contributed by atoms with van der Waals surface area (Å²) >= 11 is 0. The van der Waals surface area contributed by atoms with Crippen molar-refractivity contribution in [3.05, 3.63) is 35.9 Å². The predicted octanol–water partition coefficient (Wildman–Crippen LogP) is 2.06. The summed E-state index contributed by atoms with van der Waals surface area (Å²) < 4.78 is 25.1. The highest BCUT2D eigenvalue weighted by atomic mass is 32.2. The zero-order chi connectivity index (χ0) is 14.1. The van der Waals surface area contributed by atoms with Crippen LogP contribution in [0.5, 0.6) is 0 Å². The van der Waals surface area contributed by atoms with Crippen molar-refractivity contribution in [2.45, 2.75) is 32.2 Å². The fourth-order valence-corrected chi connectivity index (χ4v) is 2.54. The summed E-state index contributed by atoms with van der Waals surface area (Å²) in [5, 5.41) is 3.34. The summed E-state index contributed by atoms with van der Waals surface area (Å²) in [5.74, 6) is 0.110. The molecule has 0 saturated carbocycles. The summed E-state index contributed by atoms with van der Waals surface area (Å²) in [5.41, 5.74) is 1.22. The van der Waals surface area contributed by atoms with E-state index in [1.54, 1.807) is 0 Å². The Kier molecular flexibility index (Phi) is 7.05. The lowest BCUT2D eigenvalue weighted by Crippen LogP contribution is -2.31. The van der Waals surface area contributed by atoms with E-state index < -0.39 is 10.0 Å². The Balaban J connectivity index is 2.56. The predicted molar refractivity (Wildman–Crippen MR) is 79.6 cm³/mol. The van der Waals surface area contributed by atoms with E-state index in [0.717, 1.165) is 19.3 Å². The van der Waals surface area contributed by atoms with Crippen molar-refractivity contribution < 1.29 is 8.42 Å². The molecule has 4 nitrogen and oxygen atoms in total. The van der Waals surface area contributed by atoms with Crippen LogP contribution in [0.25, 0.3) is 0 Å². The van der Waals surface area contributed by atoms with Gasteiger partial charge in [-0.05, 0) is 19.0 Å². The topological polar surface area (TPSA) is 58.2 Å². The van der Waals surface area contributed by atoms with Crippen molar-refractivity contribution in [2.75, 3.05) is 19.3 Å². The van der Waals surface area contributed by atoms with E-state index in [4.69, 9.17) is 0 Å². The molecule has 1 aromatic carbocycles. The van der Waals surface area contributed by atoms with Crippen molar-refractivity contribution >= 4 is 10.0 Å². The van der Waals surface area contributed by atoms with Gasteiger partial charge in [-0.3, -0.25) is 0 Å². The minimum absolute atomic E-state index is 0.110.